The number of carbonyl (C=O) groups is 3. The maximum Gasteiger partial charge on any atom is 0.364 e. The molecule has 2 amide bonds. The van der Waals surface area contributed by atoms with E-state index < -0.39 is 49.5 Å². The standard InChI is InChI=1S/C17H21NO12S2/c19-15-3-4-16(20)18(15)30-17(21)12-9-13(28-5-1-7-31(22,23)24)11-14(10-12)29-6-2-8-32(25,26)27/h9-11H,1-8H2,(H,22,23,24)(H,25,26,27). The third-order valence-electron chi connectivity index (χ3n) is 3.93. The van der Waals surface area contributed by atoms with Crippen LogP contribution in [0.15, 0.2) is 18.2 Å². The maximum absolute atomic E-state index is 12.4. The van der Waals surface area contributed by atoms with Crippen LogP contribution in [0, 0.1) is 0 Å². The Morgan fingerprint density at radius 3 is 1.69 bits per heavy atom. The monoisotopic (exact) mass is 495 g/mol. The Bertz CT molecular complexity index is 1010. The van der Waals surface area contributed by atoms with Crippen molar-refractivity contribution in [1.29, 1.82) is 0 Å². The van der Waals surface area contributed by atoms with Crippen LogP contribution in [0.3, 0.4) is 0 Å². The zero-order valence-electron chi connectivity index (χ0n) is 16.6. The van der Waals surface area contributed by atoms with Crippen LogP contribution in [0.25, 0.3) is 0 Å². The predicted octanol–water partition coefficient (Wildman–Crippen LogP) is 0.221. The number of imide groups is 1. The minimum atomic E-state index is -4.18. The van der Waals surface area contributed by atoms with Crippen molar-refractivity contribution in [3.63, 3.8) is 0 Å². The van der Waals surface area contributed by atoms with Crippen LogP contribution < -0.4 is 9.47 Å². The minimum absolute atomic E-state index is 0.0404. The molecule has 1 aliphatic heterocycles. The number of amides is 2. The summed E-state index contributed by atoms with van der Waals surface area (Å²) >= 11 is 0. The molecule has 1 aromatic carbocycles. The number of ether oxygens (including phenoxy) is 2. The van der Waals surface area contributed by atoms with E-state index in [1.54, 1.807) is 0 Å². The Labute approximate surface area is 183 Å². The first-order valence-corrected chi connectivity index (χ1v) is 12.4. The summed E-state index contributed by atoms with van der Waals surface area (Å²) in [6.45, 7) is -0.298. The quantitative estimate of drug-likeness (QED) is 0.228. The zero-order chi connectivity index (χ0) is 23.9. The first-order chi connectivity index (χ1) is 14.8. The van der Waals surface area contributed by atoms with Crippen molar-refractivity contribution in [2.45, 2.75) is 25.7 Å². The van der Waals surface area contributed by atoms with E-state index in [0.29, 0.717) is 5.06 Å². The second kappa shape index (κ2) is 10.7. The second-order valence-electron chi connectivity index (χ2n) is 6.63. The molecule has 1 aromatic rings. The molecule has 0 atom stereocenters. The fourth-order valence-corrected chi connectivity index (χ4v) is 3.48. The third-order valence-corrected chi connectivity index (χ3v) is 5.54. The van der Waals surface area contributed by atoms with Crippen molar-refractivity contribution in [1.82, 2.24) is 5.06 Å². The normalized spacial score (nSPS) is 14.5. The van der Waals surface area contributed by atoms with Crippen molar-refractivity contribution in [2.24, 2.45) is 0 Å². The zero-order valence-corrected chi connectivity index (χ0v) is 18.3. The van der Waals surface area contributed by atoms with Crippen molar-refractivity contribution >= 4 is 38.0 Å². The number of benzene rings is 1. The Morgan fingerprint density at radius 2 is 1.28 bits per heavy atom. The lowest BCUT2D eigenvalue weighted by Gasteiger charge is -2.15. The Morgan fingerprint density at radius 1 is 0.844 bits per heavy atom. The van der Waals surface area contributed by atoms with Crippen molar-refractivity contribution in [3.05, 3.63) is 23.8 Å². The second-order valence-corrected chi connectivity index (χ2v) is 9.77. The van der Waals surface area contributed by atoms with Crippen LogP contribution in [0.2, 0.25) is 0 Å². The van der Waals surface area contributed by atoms with Crippen LogP contribution in [-0.4, -0.2) is 73.5 Å². The first kappa shape index (κ1) is 25.5. The van der Waals surface area contributed by atoms with E-state index in [1.165, 1.54) is 18.2 Å². The van der Waals surface area contributed by atoms with E-state index in [4.69, 9.17) is 23.4 Å². The van der Waals surface area contributed by atoms with E-state index in [1.807, 2.05) is 0 Å². The van der Waals surface area contributed by atoms with E-state index in [9.17, 15) is 31.2 Å². The molecule has 1 saturated heterocycles. The number of rotatable bonds is 12. The van der Waals surface area contributed by atoms with Gasteiger partial charge in [-0.1, -0.05) is 0 Å². The molecule has 0 radical (unpaired) electrons. The van der Waals surface area contributed by atoms with Crippen LogP contribution >= 0.6 is 0 Å². The molecule has 1 heterocycles. The van der Waals surface area contributed by atoms with Gasteiger partial charge in [-0.2, -0.15) is 16.8 Å². The average Bonchev–Trinajstić information content (AvgIpc) is 2.99. The van der Waals surface area contributed by atoms with Gasteiger partial charge < -0.3 is 14.3 Å². The van der Waals surface area contributed by atoms with Gasteiger partial charge in [0.2, 0.25) is 0 Å². The molecule has 2 rings (SSSR count). The molecule has 0 spiro atoms. The summed E-state index contributed by atoms with van der Waals surface area (Å²) in [5.41, 5.74) is -0.172. The van der Waals surface area contributed by atoms with Gasteiger partial charge in [-0.3, -0.25) is 18.7 Å². The predicted molar refractivity (Wildman–Crippen MR) is 106 cm³/mol. The van der Waals surface area contributed by atoms with Gasteiger partial charge in [0.05, 0.1) is 30.3 Å². The molecule has 1 aliphatic rings. The maximum atomic E-state index is 12.4. The highest BCUT2D eigenvalue weighted by atomic mass is 32.2. The fraction of sp³-hybridized carbons (Fsp3) is 0.471. The molecule has 178 valence electrons. The van der Waals surface area contributed by atoms with Gasteiger partial charge in [0.1, 0.15) is 11.5 Å². The highest BCUT2D eigenvalue weighted by molar-refractivity contribution is 7.86. The Balaban J connectivity index is 2.12. The third kappa shape index (κ3) is 8.78. The lowest BCUT2D eigenvalue weighted by Crippen LogP contribution is -2.32. The molecule has 1 fully saturated rings. The molecule has 0 bridgehead atoms. The Kier molecular flexibility index (Phi) is 8.54. The van der Waals surface area contributed by atoms with Gasteiger partial charge in [0.15, 0.2) is 0 Å². The molecule has 15 heteroatoms. The fourth-order valence-electron chi connectivity index (χ4n) is 2.51. The van der Waals surface area contributed by atoms with Crippen molar-refractivity contribution in [3.8, 4) is 11.5 Å². The molecular formula is C17H21NO12S2. The number of nitrogens with zero attached hydrogens (tertiary/aromatic N) is 1. The number of hydrogen-bond donors (Lipinski definition) is 2. The summed E-state index contributed by atoms with van der Waals surface area (Å²) in [5.74, 6) is -3.44. The van der Waals surface area contributed by atoms with Crippen LogP contribution in [0.1, 0.15) is 36.0 Å². The van der Waals surface area contributed by atoms with E-state index >= 15 is 0 Å². The summed E-state index contributed by atoms with van der Waals surface area (Å²) in [7, 11) is -8.35. The van der Waals surface area contributed by atoms with Crippen molar-refractivity contribution in [2.75, 3.05) is 24.7 Å². The summed E-state index contributed by atoms with van der Waals surface area (Å²) < 4.78 is 71.3. The molecule has 0 aromatic heterocycles. The largest absolute Gasteiger partial charge is 0.493 e. The van der Waals surface area contributed by atoms with Crippen molar-refractivity contribution < 1.29 is 54.6 Å². The minimum Gasteiger partial charge on any atom is -0.493 e. The van der Waals surface area contributed by atoms with E-state index in [0.717, 1.165) is 0 Å². The SMILES string of the molecule is O=C(ON1C(=O)CCC1=O)c1cc(OCCCS(=O)(=O)O)cc(OCCCS(=O)(=O)O)c1. The number of carbonyl (C=O) groups excluding carboxylic acids is 3. The van der Waals surface area contributed by atoms with Gasteiger partial charge in [0.25, 0.3) is 32.1 Å². The summed E-state index contributed by atoms with van der Waals surface area (Å²) in [6.07, 6.45) is -0.306. The first-order valence-electron chi connectivity index (χ1n) is 9.23. The van der Waals surface area contributed by atoms with Gasteiger partial charge in [0, 0.05) is 18.9 Å². The molecule has 13 nitrogen and oxygen atoms in total. The number of hydroxylamine groups is 2. The van der Waals surface area contributed by atoms with Gasteiger partial charge in [-0.15, -0.1) is 5.06 Å². The summed E-state index contributed by atoms with van der Waals surface area (Å²) in [6, 6.07) is 3.72. The van der Waals surface area contributed by atoms with E-state index in [2.05, 4.69) is 0 Å². The topological polar surface area (TPSA) is 191 Å². The molecular weight excluding hydrogens is 474 g/mol. The molecule has 32 heavy (non-hydrogen) atoms. The average molecular weight is 495 g/mol. The lowest BCUT2D eigenvalue weighted by molar-refractivity contribution is -0.172. The molecule has 0 unspecified atom stereocenters. The lowest BCUT2D eigenvalue weighted by atomic mass is 10.2. The highest BCUT2D eigenvalue weighted by Gasteiger charge is 2.33. The molecule has 0 saturated carbocycles. The van der Waals surface area contributed by atoms with E-state index in [-0.39, 0.29) is 56.0 Å². The smallest absolute Gasteiger partial charge is 0.364 e. The molecule has 2 N–H and O–H groups in total. The Hall–Kier alpha value is -2.75. The van der Waals surface area contributed by atoms with Gasteiger partial charge >= 0.3 is 5.97 Å². The van der Waals surface area contributed by atoms with Gasteiger partial charge in [-0.25, -0.2) is 4.79 Å². The summed E-state index contributed by atoms with van der Waals surface area (Å²) in [5, 5.41) is 0.356. The highest BCUT2D eigenvalue weighted by Crippen LogP contribution is 2.25. The van der Waals surface area contributed by atoms with Gasteiger partial charge in [-0.05, 0) is 25.0 Å². The van der Waals surface area contributed by atoms with Crippen LogP contribution in [0.4, 0.5) is 0 Å². The number of hydrogen-bond acceptors (Lipinski definition) is 10. The van der Waals surface area contributed by atoms with Crippen LogP contribution in [0.5, 0.6) is 11.5 Å². The van der Waals surface area contributed by atoms with Crippen LogP contribution in [-0.2, 0) is 34.7 Å². The summed E-state index contributed by atoms with van der Waals surface area (Å²) in [4.78, 5) is 40.5. The molecule has 0 aliphatic carbocycles.